The molecule has 0 atom stereocenters. The van der Waals surface area contributed by atoms with Gasteiger partial charge >= 0.3 is 11.7 Å². The first-order valence-electron chi connectivity index (χ1n) is 5.22. The third-order valence-corrected chi connectivity index (χ3v) is 2.03. The largest absolute Gasteiger partial charge is 0.349 e. The molecule has 1 rings (SSSR count). The van der Waals surface area contributed by atoms with Gasteiger partial charge in [-0.2, -0.15) is 4.98 Å². The van der Waals surface area contributed by atoms with E-state index in [0.29, 0.717) is 6.54 Å². The third-order valence-electron chi connectivity index (χ3n) is 2.03. The average molecular weight is 224 g/mol. The van der Waals surface area contributed by atoms with Gasteiger partial charge in [0.25, 0.3) is 0 Å². The number of aromatic nitrogens is 2. The topological polar surface area (TPSA) is 76.0 Å². The molecule has 1 aromatic rings. The summed E-state index contributed by atoms with van der Waals surface area (Å²) in [6.07, 6.45) is 3.50. The Balaban J connectivity index is 2.50. The number of nitrogens with one attached hydrogen (secondary N) is 2. The van der Waals surface area contributed by atoms with Crippen molar-refractivity contribution in [1.82, 2.24) is 14.9 Å². The van der Waals surface area contributed by atoms with Crippen molar-refractivity contribution in [3.05, 3.63) is 22.7 Å². The average Bonchev–Trinajstić information content (AvgIpc) is 2.24. The molecule has 0 aromatic carbocycles. The molecule has 0 aliphatic heterocycles. The minimum Gasteiger partial charge on any atom is -0.338 e. The summed E-state index contributed by atoms with van der Waals surface area (Å²) in [6, 6.07) is 1.23. The lowest BCUT2D eigenvalue weighted by atomic mass is 10.3. The third kappa shape index (κ3) is 3.72. The van der Waals surface area contributed by atoms with Crippen molar-refractivity contribution in [2.45, 2.75) is 19.8 Å². The van der Waals surface area contributed by atoms with Gasteiger partial charge in [0.2, 0.25) is 0 Å². The Hall–Kier alpha value is -1.85. The molecule has 16 heavy (non-hydrogen) atoms. The molecule has 1 aromatic heterocycles. The molecule has 6 heteroatoms. The second kappa shape index (κ2) is 5.89. The molecule has 2 N–H and O–H groups in total. The number of aryl methyl sites for hydroxylation is 1. The lowest BCUT2D eigenvalue weighted by Gasteiger charge is -2.06. The van der Waals surface area contributed by atoms with E-state index in [9.17, 15) is 9.59 Å². The molecule has 0 saturated carbocycles. The summed E-state index contributed by atoms with van der Waals surface area (Å²) >= 11 is 0. The van der Waals surface area contributed by atoms with Gasteiger partial charge in [-0.05, 0) is 12.5 Å². The number of nitrogens with zero attached hydrogens (tertiary/aromatic N) is 2. The SMILES string of the molecule is CCCCNC(=O)Nc1ccn(C)c(=O)n1. The number of carbonyl (C=O) groups is 1. The molecule has 2 amide bonds. The highest BCUT2D eigenvalue weighted by Gasteiger charge is 2.02. The Morgan fingerprint density at radius 1 is 1.56 bits per heavy atom. The van der Waals surface area contributed by atoms with Gasteiger partial charge in [0.15, 0.2) is 0 Å². The fraction of sp³-hybridized carbons (Fsp3) is 0.500. The number of carbonyl (C=O) groups excluding carboxylic acids is 1. The fourth-order valence-electron chi connectivity index (χ4n) is 1.07. The minimum atomic E-state index is -0.397. The Morgan fingerprint density at radius 2 is 2.31 bits per heavy atom. The van der Waals surface area contributed by atoms with E-state index in [4.69, 9.17) is 0 Å². The van der Waals surface area contributed by atoms with E-state index < -0.39 is 5.69 Å². The Bertz CT molecular complexity index is 414. The molecule has 0 unspecified atom stereocenters. The predicted molar refractivity (Wildman–Crippen MR) is 61.4 cm³/mol. The number of hydrogen-bond acceptors (Lipinski definition) is 3. The van der Waals surface area contributed by atoms with E-state index in [2.05, 4.69) is 15.6 Å². The summed E-state index contributed by atoms with van der Waals surface area (Å²) in [6.45, 7) is 2.66. The van der Waals surface area contributed by atoms with Gasteiger partial charge < -0.3 is 9.88 Å². The van der Waals surface area contributed by atoms with Crippen LogP contribution in [-0.2, 0) is 7.05 Å². The molecular formula is C10H16N4O2. The predicted octanol–water partition coefficient (Wildman–Crippen LogP) is 0.702. The summed E-state index contributed by atoms with van der Waals surface area (Å²) in [5.74, 6) is 0.261. The number of anilines is 1. The zero-order chi connectivity index (χ0) is 12.0. The van der Waals surface area contributed by atoms with Crippen LogP contribution in [0.5, 0.6) is 0 Å². The molecule has 6 nitrogen and oxygen atoms in total. The Labute approximate surface area is 93.7 Å². The fourth-order valence-corrected chi connectivity index (χ4v) is 1.07. The molecule has 0 aliphatic carbocycles. The molecule has 0 saturated heterocycles. The first-order chi connectivity index (χ1) is 7.63. The second-order valence-corrected chi connectivity index (χ2v) is 3.44. The van der Waals surface area contributed by atoms with Gasteiger partial charge in [-0.3, -0.25) is 5.32 Å². The van der Waals surface area contributed by atoms with Gasteiger partial charge in [0.05, 0.1) is 0 Å². The van der Waals surface area contributed by atoms with E-state index in [-0.39, 0.29) is 11.8 Å². The highest BCUT2D eigenvalue weighted by molar-refractivity contribution is 5.87. The molecule has 0 spiro atoms. The highest BCUT2D eigenvalue weighted by Crippen LogP contribution is 1.96. The van der Waals surface area contributed by atoms with Crippen molar-refractivity contribution < 1.29 is 4.79 Å². The summed E-state index contributed by atoms with van der Waals surface area (Å²) in [4.78, 5) is 26.2. The summed E-state index contributed by atoms with van der Waals surface area (Å²) < 4.78 is 1.33. The highest BCUT2D eigenvalue weighted by atomic mass is 16.2. The Morgan fingerprint density at radius 3 is 2.94 bits per heavy atom. The smallest absolute Gasteiger partial charge is 0.338 e. The van der Waals surface area contributed by atoms with Crippen LogP contribution in [0.2, 0.25) is 0 Å². The summed E-state index contributed by atoms with van der Waals surface area (Å²) in [5.41, 5.74) is -0.397. The van der Waals surface area contributed by atoms with Crippen LogP contribution in [-0.4, -0.2) is 22.1 Å². The van der Waals surface area contributed by atoms with Crippen molar-refractivity contribution in [3.63, 3.8) is 0 Å². The number of rotatable bonds is 4. The van der Waals surface area contributed by atoms with Gasteiger partial charge in [-0.15, -0.1) is 0 Å². The van der Waals surface area contributed by atoms with E-state index in [1.165, 1.54) is 4.57 Å². The first-order valence-corrected chi connectivity index (χ1v) is 5.22. The van der Waals surface area contributed by atoms with E-state index in [0.717, 1.165) is 12.8 Å². The monoisotopic (exact) mass is 224 g/mol. The normalized spacial score (nSPS) is 9.88. The van der Waals surface area contributed by atoms with Crippen molar-refractivity contribution in [2.75, 3.05) is 11.9 Å². The number of hydrogen-bond donors (Lipinski definition) is 2. The molecule has 0 aliphatic rings. The van der Waals surface area contributed by atoms with Gasteiger partial charge in [-0.25, -0.2) is 9.59 Å². The van der Waals surface area contributed by atoms with Crippen molar-refractivity contribution in [2.24, 2.45) is 7.05 Å². The maximum Gasteiger partial charge on any atom is 0.349 e. The summed E-state index contributed by atoms with van der Waals surface area (Å²) in [7, 11) is 1.60. The number of unbranched alkanes of at least 4 members (excludes halogenated alkanes) is 1. The molecule has 0 fully saturated rings. The molecule has 1 heterocycles. The molecular weight excluding hydrogens is 208 g/mol. The van der Waals surface area contributed by atoms with Gasteiger partial charge in [-0.1, -0.05) is 13.3 Å². The van der Waals surface area contributed by atoms with Gasteiger partial charge in [0.1, 0.15) is 5.82 Å². The van der Waals surface area contributed by atoms with Crippen LogP contribution in [0.4, 0.5) is 10.6 Å². The van der Waals surface area contributed by atoms with Crippen LogP contribution in [0.15, 0.2) is 17.1 Å². The first kappa shape index (κ1) is 12.2. The van der Waals surface area contributed by atoms with E-state index >= 15 is 0 Å². The number of urea groups is 1. The van der Waals surface area contributed by atoms with Crippen LogP contribution in [0.25, 0.3) is 0 Å². The van der Waals surface area contributed by atoms with Crippen LogP contribution >= 0.6 is 0 Å². The zero-order valence-corrected chi connectivity index (χ0v) is 9.49. The van der Waals surface area contributed by atoms with E-state index in [1.807, 2.05) is 6.92 Å². The maximum atomic E-state index is 11.3. The van der Waals surface area contributed by atoms with E-state index in [1.54, 1.807) is 19.3 Å². The molecule has 0 radical (unpaired) electrons. The summed E-state index contributed by atoms with van der Waals surface area (Å²) in [5, 5.41) is 5.16. The second-order valence-electron chi connectivity index (χ2n) is 3.44. The zero-order valence-electron chi connectivity index (χ0n) is 9.49. The molecule has 88 valence electrons. The van der Waals surface area contributed by atoms with Crippen LogP contribution in [0.1, 0.15) is 19.8 Å². The lowest BCUT2D eigenvalue weighted by molar-refractivity contribution is 0.252. The van der Waals surface area contributed by atoms with Crippen LogP contribution in [0.3, 0.4) is 0 Å². The number of amides is 2. The molecule has 0 bridgehead atoms. The van der Waals surface area contributed by atoms with Crippen molar-refractivity contribution in [3.8, 4) is 0 Å². The Kier molecular flexibility index (Phi) is 4.50. The van der Waals surface area contributed by atoms with Crippen LogP contribution in [0, 0.1) is 0 Å². The van der Waals surface area contributed by atoms with Crippen LogP contribution < -0.4 is 16.3 Å². The van der Waals surface area contributed by atoms with Crippen molar-refractivity contribution >= 4 is 11.8 Å². The van der Waals surface area contributed by atoms with Gasteiger partial charge in [0, 0.05) is 19.8 Å². The minimum absolute atomic E-state index is 0.261. The van der Waals surface area contributed by atoms with Crippen molar-refractivity contribution in [1.29, 1.82) is 0 Å². The quantitative estimate of drug-likeness (QED) is 0.739. The standard InChI is InChI=1S/C10H16N4O2/c1-3-4-6-11-9(15)12-8-5-7-14(2)10(16)13-8/h5,7H,3-4,6H2,1-2H3,(H2,11,12,13,15,16). The maximum absolute atomic E-state index is 11.3. The lowest BCUT2D eigenvalue weighted by Crippen LogP contribution is -2.31.